The van der Waals surface area contributed by atoms with Gasteiger partial charge in [-0.05, 0) is 19.8 Å². The minimum absolute atomic E-state index is 0.0696. The van der Waals surface area contributed by atoms with E-state index in [4.69, 9.17) is 11.6 Å². The fourth-order valence-electron chi connectivity index (χ4n) is 1.67. The van der Waals surface area contributed by atoms with Crippen LogP contribution in [0.4, 0.5) is 0 Å². The summed E-state index contributed by atoms with van der Waals surface area (Å²) in [6, 6.07) is 1.37. The first-order valence-corrected chi connectivity index (χ1v) is 5.77. The van der Waals surface area contributed by atoms with Crippen LogP contribution in [0.3, 0.4) is 0 Å². The molecule has 0 N–H and O–H groups in total. The Kier molecular flexibility index (Phi) is 3.31. The first-order chi connectivity index (χ1) is 7.72. The molecule has 1 aliphatic carbocycles. The predicted octanol–water partition coefficient (Wildman–Crippen LogP) is 2.19. The first kappa shape index (κ1) is 11.2. The highest BCUT2D eigenvalue weighted by Crippen LogP contribution is 2.38. The minimum Gasteiger partial charge on any atom is -0.295 e. The van der Waals surface area contributed by atoms with Crippen LogP contribution in [0.1, 0.15) is 37.9 Å². The molecule has 0 radical (unpaired) electrons. The van der Waals surface area contributed by atoms with Gasteiger partial charge in [0.15, 0.2) is 0 Å². The summed E-state index contributed by atoms with van der Waals surface area (Å²) in [7, 11) is 0. The van der Waals surface area contributed by atoms with E-state index in [-0.39, 0.29) is 5.56 Å². The largest absolute Gasteiger partial charge is 0.295 e. The van der Waals surface area contributed by atoms with Crippen LogP contribution in [0.5, 0.6) is 0 Å². The van der Waals surface area contributed by atoms with Crippen LogP contribution in [0.25, 0.3) is 0 Å². The zero-order valence-corrected chi connectivity index (χ0v) is 9.92. The number of hydrogen-bond acceptors (Lipinski definition) is 2. The highest BCUT2D eigenvalue weighted by atomic mass is 35.5. The fourth-order valence-corrected chi connectivity index (χ4v) is 1.85. The van der Waals surface area contributed by atoms with Crippen molar-refractivity contribution in [3.05, 3.63) is 27.4 Å². The van der Waals surface area contributed by atoms with Gasteiger partial charge in [0.1, 0.15) is 11.0 Å². The Balaban J connectivity index is 2.32. The average Bonchev–Trinajstić information content (AvgIpc) is 3.04. The molecule has 0 aromatic carbocycles. The summed E-state index contributed by atoms with van der Waals surface area (Å²) < 4.78 is 1.70. The summed E-state index contributed by atoms with van der Waals surface area (Å²) in [5.74, 6) is 7.02. The van der Waals surface area contributed by atoms with Gasteiger partial charge in [-0.1, -0.05) is 11.6 Å². The topological polar surface area (TPSA) is 34.9 Å². The van der Waals surface area contributed by atoms with Gasteiger partial charge in [-0.3, -0.25) is 9.36 Å². The monoisotopic (exact) mass is 236 g/mol. The van der Waals surface area contributed by atoms with E-state index in [1.807, 2.05) is 0 Å². The van der Waals surface area contributed by atoms with Crippen LogP contribution in [0, 0.1) is 11.8 Å². The van der Waals surface area contributed by atoms with Gasteiger partial charge in [-0.15, -0.1) is 11.8 Å². The first-order valence-electron chi connectivity index (χ1n) is 5.39. The van der Waals surface area contributed by atoms with E-state index in [1.54, 1.807) is 11.5 Å². The van der Waals surface area contributed by atoms with Gasteiger partial charge < -0.3 is 0 Å². The second kappa shape index (κ2) is 4.71. The molecule has 4 heteroatoms. The van der Waals surface area contributed by atoms with Crippen LogP contribution >= 0.6 is 11.6 Å². The zero-order valence-electron chi connectivity index (χ0n) is 9.16. The van der Waals surface area contributed by atoms with E-state index in [9.17, 15) is 4.79 Å². The molecule has 0 amide bonds. The van der Waals surface area contributed by atoms with E-state index in [0.29, 0.717) is 24.0 Å². The van der Waals surface area contributed by atoms with Gasteiger partial charge in [0.05, 0.1) is 0 Å². The van der Waals surface area contributed by atoms with Crippen LogP contribution in [0.2, 0.25) is 5.15 Å². The molecule has 0 saturated heterocycles. The molecule has 16 heavy (non-hydrogen) atoms. The lowest BCUT2D eigenvalue weighted by molar-refractivity contribution is 0.622. The minimum atomic E-state index is -0.0696. The van der Waals surface area contributed by atoms with Crippen LogP contribution in [0.15, 0.2) is 10.9 Å². The van der Waals surface area contributed by atoms with Crippen molar-refractivity contribution in [3.63, 3.8) is 0 Å². The fraction of sp³-hybridized carbons (Fsp3) is 0.500. The van der Waals surface area contributed by atoms with Crippen molar-refractivity contribution in [3.8, 4) is 11.8 Å². The third-order valence-electron chi connectivity index (χ3n) is 2.59. The van der Waals surface area contributed by atoms with Crippen molar-refractivity contribution in [2.45, 2.75) is 38.6 Å². The van der Waals surface area contributed by atoms with Gasteiger partial charge in [-0.25, -0.2) is 4.98 Å². The van der Waals surface area contributed by atoms with Crippen LogP contribution in [-0.2, 0) is 6.54 Å². The zero-order chi connectivity index (χ0) is 11.5. The molecule has 0 atom stereocenters. The molecule has 1 aromatic rings. The standard InChI is InChI=1S/C12H13ClN2O/c1-2-3-4-7-15-11(16)8-10(13)14-12(15)9-5-6-9/h8-9H,4-7H2,1H3. The van der Waals surface area contributed by atoms with Gasteiger partial charge in [0, 0.05) is 24.9 Å². The van der Waals surface area contributed by atoms with Crippen molar-refractivity contribution in [1.29, 1.82) is 0 Å². The Hall–Kier alpha value is -1.27. The SMILES string of the molecule is CC#CCCn1c(C2CC2)nc(Cl)cc1=O. The summed E-state index contributed by atoms with van der Waals surface area (Å²) in [5, 5.41) is 0.296. The summed E-state index contributed by atoms with van der Waals surface area (Å²) in [4.78, 5) is 16.0. The lowest BCUT2D eigenvalue weighted by Crippen LogP contribution is -2.24. The molecule has 3 nitrogen and oxygen atoms in total. The van der Waals surface area contributed by atoms with E-state index in [0.717, 1.165) is 18.7 Å². The molecule has 0 spiro atoms. The van der Waals surface area contributed by atoms with E-state index < -0.39 is 0 Å². The molecule has 2 rings (SSSR count). The normalized spacial score (nSPS) is 14.4. The highest BCUT2D eigenvalue weighted by molar-refractivity contribution is 6.29. The van der Waals surface area contributed by atoms with E-state index in [2.05, 4.69) is 16.8 Å². The number of hydrogen-bond donors (Lipinski definition) is 0. The number of rotatable bonds is 3. The highest BCUT2D eigenvalue weighted by Gasteiger charge is 2.28. The Labute approximate surface area is 99.5 Å². The lowest BCUT2D eigenvalue weighted by atomic mass is 10.3. The molecule has 0 bridgehead atoms. The maximum atomic E-state index is 11.8. The van der Waals surface area contributed by atoms with Crippen molar-refractivity contribution in [2.75, 3.05) is 0 Å². The number of halogens is 1. The Morgan fingerprint density at radius 2 is 2.38 bits per heavy atom. The third kappa shape index (κ3) is 2.45. The molecule has 0 aliphatic heterocycles. The maximum Gasteiger partial charge on any atom is 0.255 e. The molecule has 1 heterocycles. The third-order valence-corrected chi connectivity index (χ3v) is 2.78. The van der Waals surface area contributed by atoms with Crippen LogP contribution < -0.4 is 5.56 Å². The quantitative estimate of drug-likeness (QED) is 0.596. The summed E-state index contributed by atoms with van der Waals surface area (Å²) in [6.07, 6.45) is 2.89. The van der Waals surface area contributed by atoms with Crippen molar-refractivity contribution in [2.24, 2.45) is 0 Å². The second-order valence-electron chi connectivity index (χ2n) is 3.88. The van der Waals surface area contributed by atoms with Gasteiger partial charge in [0.2, 0.25) is 0 Å². The second-order valence-corrected chi connectivity index (χ2v) is 4.27. The van der Waals surface area contributed by atoms with Crippen molar-refractivity contribution >= 4 is 11.6 Å². The number of aromatic nitrogens is 2. The predicted molar refractivity (Wildman–Crippen MR) is 63.5 cm³/mol. The Morgan fingerprint density at radius 1 is 1.62 bits per heavy atom. The maximum absolute atomic E-state index is 11.8. The molecular weight excluding hydrogens is 224 g/mol. The Morgan fingerprint density at radius 3 is 3.00 bits per heavy atom. The number of nitrogens with zero attached hydrogens (tertiary/aromatic N) is 2. The summed E-state index contributed by atoms with van der Waals surface area (Å²) in [5.41, 5.74) is -0.0696. The van der Waals surface area contributed by atoms with Crippen molar-refractivity contribution in [1.82, 2.24) is 9.55 Å². The molecule has 0 unspecified atom stereocenters. The molecule has 1 aliphatic rings. The molecular formula is C12H13ClN2O. The van der Waals surface area contributed by atoms with Gasteiger partial charge in [0.25, 0.3) is 5.56 Å². The van der Waals surface area contributed by atoms with Gasteiger partial charge >= 0.3 is 0 Å². The van der Waals surface area contributed by atoms with Crippen molar-refractivity contribution < 1.29 is 0 Å². The average molecular weight is 237 g/mol. The molecule has 1 aromatic heterocycles. The Bertz CT molecular complexity index is 506. The molecule has 1 saturated carbocycles. The smallest absolute Gasteiger partial charge is 0.255 e. The summed E-state index contributed by atoms with van der Waals surface area (Å²) >= 11 is 5.80. The molecule has 84 valence electrons. The van der Waals surface area contributed by atoms with E-state index in [1.165, 1.54) is 6.07 Å². The summed E-state index contributed by atoms with van der Waals surface area (Å²) in [6.45, 7) is 2.40. The van der Waals surface area contributed by atoms with Crippen LogP contribution in [-0.4, -0.2) is 9.55 Å². The van der Waals surface area contributed by atoms with Gasteiger partial charge in [-0.2, -0.15) is 0 Å². The lowest BCUT2D eigenvalue weighted by Gasteiger charge is -2.09. The molecule has 1 fully saturated rings. The van der Waals surface area contributed by atoms with E-state index >= 15 is 0 Å².